The Kier molecular flexibility index (Phi) is 7.41. The van der Waals surface area contributed by atoms with Crippen LogP contribution in [0.2, 0.25) is 0 Å². The highest BCUT2D eigenvalue weighted by Gasteiger charge is 2.04. The van der Waals surface area contributed by atoms with Crippen LogP contribution in [0.15, 0.2) is 22.7 Å². The topological polar surface area (TPSA) is 3.24 Å². The molecule has 0 atom stereocenters. The van der Waals surface area contributed by atoms with Gasteiger partial charge in [0.1, 0.15) is 0 Å². The van der Waals surface area contributed by atoms with Crippen molar-refractivity contribution in [3.05, 3.63) is 28.2 Å². The molecule has 1 rings (SSSR count). The first kappa shape index (κ1) is 15.6. The summed E-state index contributed by atoms with van der Waals surface area (Å²) in [6.45, 7) is 5.61. The standard InChI is InChI=1S/C16H26BrN/c1-4-5-6-7-8-9-12-18(3)16-11-10-15(17)13-14(16)2/h10-11,13H,4-9,12H2,1-3H3. The van der Waals surface area contributed by atoms with E-state index in [9.17, 15) is 0 Å². The monoisotopic (exact) mass is 311 g/mol. The molecule has 0 aliphatic rings. The number of unbranched alkanes of at least 4 members (excludes halogenated alkanes) is 5. The molecule has 0 saturated heterocycles. The highest BCUT2D eigenvalue weighted by Crippen LogP contribution is 2.23. The Morgan fingerprint density at radius 3 is 2.39 bits per heavy atom. The number of hydrogen-bond donors (Lipinski definition) is 0. The van der Waals surface area contributed by atoms with Crippen molar-refractivity contribution in [1.29, 1.82) is 0 Å². The molecular weight excluding hydrogens is 286 g/mol. The molecule has 0 spiro atoms. The van der Waals surface area contributed by atoms with Gasteiger partial charge in [-0.15, -0.1) is 0 Å². The predicted octanol–water partition coefficient (Wildman–Crippen LogP) is 5.55. The Morgan fingerprint density at radius 1 is 1.06 bits per heavy atom. The van der Waals surface area contributed by atoms with Crippen molar-refractivity contribution >= 4 is 21.6 Å². The van der Waals surface area contributed by atoms with Gasteiger partial charge in [-0.05, 0) is 37.1 Å². The normalized spacial score (nSPS) is 10.7. The van der Waals surface area contributed by atoms with Gasteiger partial charge in [-0.25, -0.2) is 0 Å². The molecule has 0 heterocycles. The van der Waals surface area contributed by atoms with Crippen molar-refractivity contribution in [1.82, 2.24) is 0 Å². The number of aryl methyl sites for hydroxylation is 1. The fourth-order valence-electron chi connectivity index (χ4n) is 2.30. The van der Waals surface area contributed by atoms with Gasteiger partial charge in [0.25, 0.3) is 0 Å². The van der Waals surface area contributed by atoms with Gasteiger partial charge in [-0.1, -0.05) is 55.0 Å². The second kappa shape index (κ2) is 8.58. The fraction of sp³-hybridized carbons (Fsp3) is 0.625. The van der Waals surface area contributed by atoms with Crippen molar-refractivity contribution in [3.8, 4) is 0 Å². The van der Waals surface area contributed by atoms with Crippen LogP contribution in [0.4, 0.5) is 5.69 Å². The summed E-state index contributed by atoms with van der Waals surface area (Å²) in [4.78, 5) is 2.38. The van der Waals surface area contributed by atoms with Crippen LogP contribution in [0, 0.1) is 6.92 Å². The Balaban J connectivity index is 2.29. The zero-order chi connectivity index (χ0) is 13.4. The SMILES string of the molecule is CCCCCCCCN(C)c1ccc(Br)cc1C. The molecule has 1 nitrogen and oxygen atoms in total. The third-order valence-electron chi connectivity index (χ3n) is 3.42. The van der Waals surface area contributed by atoms with Crippen LogP contribution in [0.3, 0.4) is 0 Å². The van der Waals surface area contributed by atoms with Gasteiger partial charge in [-0.2, -0.15) is 0 Å². The Bertz CT molecular complexity index is 349. The van der Waals surface area contributed by atoms with Gasteiger partial charge in [0, 0.05) is 23.8 Å². The molecule has 0 aromatic heterocycles. The molecule has 0 N–H and O–H groups in total. The summed E-state index contributed by atoms with van der Waals surface area (Å²) >= 11 is 3.51. The van der Waals surface area contributed by atoms with Crippen LogP contribution in [-0.4, -0.2) is 13.6 Å². The van der Waals surface area contributed by atoms with Crippen molar-refractivity contribution in [2.75, 3.05) is 18.5 Å². The number of rotatable bonds is 8. The van der Waals surface area contributed by atoms with Crippen molar-refractivity contribution < 1.29 is 0 Å². The van der Waals surface area contributed by atoms with Crippen LogP contribution in [0.1, 0.15) is 51.0 Å². The number of hydrogen-bond acceptors (Lipinski definition) is 1. The van der Waals surface area contributed by atoms with Gasteiger partial charge in [0.05, 0.1) is 0 Å². The zero-order valence-electron chi connectivity index (χ0n) is 12.0. The number of halogens is 1. The summed E-state index contributed by atoms with van der Waals surface area (Å²) in [5.41, 5.74) is 2.70. The lowest BCUT2D eigenvalue weighted by Crippen LogP contribution is -2.19. The lowest BCUT2D eigenvalue weighted by molar-refractivity contribution is 0.606. The maximum atomic E-state index is 3.51. The van der Waals surface area contributed by atoms with Gasteiger partial charge in [-0.3, -0.25) is 0 Å². The van der Waals surface area contributed by atoms with E-state index in [1.165, 1.54) is 49.8 Å². The maximum Gasteiger partial charge on any atom is 0.0394 e. The van der Waals surface area contributed by atoms with Crippen molar-refractivity contribution in [2.24, 2.45) is 0 Å². The largest absolute Gasteiger partial charge is 0.374 e. The molecule has 0 unspecified atom stereocenters. The van der Waals surface area contributed by atoms with E-state index in [4.69, 9.17) is 0 Å². The van der Waals surface area contributed by atoms with E-state index in [1.54, 1.807) is 0 Å². The Hall–Kier alpha value is -0.500. The minimum absolute atomic E-state index is 1.16. The molecule has 0 fully saturated rings. The second-order valence-corrected chi connectivity index (χ2v) is 6.04. The molecule has 0 aliphatic carbocycles. The van der Waals surface area contributed by atoms with Crippen molar-refractivity contribution in [2.45, 2.75) is 52.4 Å². The van der Waals surface area contributed by atoms with Gasteiger partial charge in [0.2, 0.25) is 0 Å². The molecule has 0 radical (unpaired) electrons. The highest BCUT2D eigenvalue weighted by atomic mass is 79.9. The van der Waals surface area contributed by atoms with E-state index in [-0.39, 0.29) is 0 Å². The smallest absolute Gasteiger partial charge is 0.0394 e. The summed E-state index contributed by atoms with van der Waals surface area (Å²) in [6.07, 6.45) is 8.17. The first-order valence-electron chi connectivity index (χ1n) is 7.12. The summed E-state index contributed by atoms with van der Waals surface area (Å²) in [5, 5.41) is 0. The Labute approximate surface area is 121 Å². The predicted molar refractivity (Wildman–Crippen MR) is 85.5 cm³/mol. The summed E-state index contributed by atoms with van der Waals surface area (Å²) in [7, 11) is 2.20. The molecule has 0 saturated carbocycles. The van der Waals surface area contributed by atoms with E-state index in [0.29, 0.717) is 0 Å². The molecular formula is C16H26BrN. The van der Waals surface area contributed by atoms with Gasteiger partial charge in [0.15, 0.2) is 0 Å². The van der Waals surface area contributed by atoms with Gasteiger partial charge < -0.3 is 4.90 Å². The number of nitrogens with zero attached hydrogens (tertiary/aromatic N) is 1. The molecule has 18 heavy (non-hydrogen) atoms. The zero-order valence-corrected chi connectivity index (χ0v) is 13.6. The first-order chi connectivity index (χ1) is 8.65. The van der Waals surface area contributed by atoms with E-state index in [2.05, 4.69) is 59.9 Å². The maximum absolute atomic E-state index is 3.51. The van der Waals surface area contributed by atoms with Gasteiger partial charge >= 0.3 is 0 Å². The molecule has 0 bridgehead atoms. The average Bonchev–Trinajstić information content (AvgIpc) is 2.33. The molecule has 0 amide bonds. The minimum atomic E-state index is 1.16. The third kappa shape index (κ3) is 5.43. The average molecular weight is 312 g/mol. The lowest BCUT2D eigenvalue weighted by Gasteiger charge is -2.21. The molecule has 1 aromatic rings. The first-order valence-corrected chi connectivity index (χ1v) is 7.91. The minimum Gasteiger partial charge on any atom is -0.374 e. The molecule has 102 valence electrons. The summed E-state index contributed by atoms with van der Waals surface area (Å²) in [6, 6.07) is 6.52. The van der Waals surface area contributed by atoms with Crippen LogP contribution in [-0.2, 0) is 0 Å². The second-order valence-electron chi connectivity index (χ2n) is 5.12. The van der Waals surface area contributed by atoms with Crippen LogP contribution < -0.4 is 4.90 Å². The molecule has 2 heteroatoms. The molecule has 1 aromatic carbocycles. The van der Waals surface area contributed by atoms with E-state index < -0.39 is 0 Å². The van der Waals surface area contributed by atoms with Crippen LogP contribution >= 0.6 is 15.9 Å². The van der Waals surface area contributed by atoms with Crippen LogP contribution in [0.25, 0.3) is 0 Å². The van der Waals surface area contributed by atoms with E-state index in [0.717, 1.165) is 11.0 Å². The summed E-state index contributed by atoms with van der Waals surface area (Å²) < 4.78 is 1.16. The fourth-order valence-corrected chi connectivity index (χ4v) is 2.77. The van der Waals surface area contributed by atoms with E-state index in [1.807, 2.05) is 0 Å². The summed E-state index contributed by atoms with van der Waals surface area (Å²) in [5.74, 6) is 0. The lowest BCUT2D eigenvalue weighted by atomic mass is 10.1. The van der Waals surface area contributed by atoms with Crippen molar-refractivity contribution in [3.63, 3.8) is 0 Å². The van der Waals surface area contributed by atoms with E-state index >= 15 is 0 Å². The number of anilines is 1. The Morgan fingerprint density at radius 2 is 1.72 bits per heavy atom. The highest BCUT2D eigenvalue weighted by molar-refractivity contribution is 9.10. The number of benzene rings is 1. The van der Waals surface area contributed by atoms with Crippen LogP contribution in [0.5, 0.6) is 0 Å². The molecule has 0 aliphatic heterocycles. The quantitative estimate of drug-likeness (QED) is 0.568. The third-order valence-corrected chi connectivity index (χ3v) is 3.91.